The van der Waals surface area contributed by atoms with Crippen LogP contribution >= 0.6 is 0 Å². The summed E-state index contributed by atoms with van der Waals surface area (Å²) in [7, 11) is 0. The predicted molar refractivity (Wildman–Crippen MR) is 120 cm³/mol. The zero-order valence-electron chi connectivity index (χ0n) is 17.8. The normalized spacial score (nSPS) is 16.5. The molecule has 5 nitrogen and oxygen atoms in total. The summed E-state index contributed by atoms with van der Waals surface area (Å²) in [4.78, 5) is 19.5. The molecular weight excluding hydrogens is 374 g/mol. The van der Waals surface area contributed by atoms with Gasteiger partial charge in [0.05, 0.1) is 17.6 Å². The Labute approximate surface area is 178 Å². The number of likely N-dealkylation sites (tertiary alicyclic amines) is 1. The van der Waals surface area contributed by atoms with E-state index in [0.717, 1.165) is 67.9 Å². The number of imidazole rings is 1. The number of ether oxygens (including phenoxy) is 1. The highest BCUT2D eigenvalue weighted by molar-refractivity contribution is 5.80. The van der Waals surface area contributed by atoms with Gasteiger partial charge in [0.15, 0.2) is 0 Å². The topological polar surface area (TPSA) is 47.4 Å². The van der Waals surface area contributed by atoms with E-state index >= 15 is 0 Å². The van der Waals surface area contributed by atoms with E-state index in [4.69, 9.17) is 9.72 Å². The van der Waals surface area contributed by atoms with E-state index in [0.29, 0.717) is 13.0 Å². The molecule has 1 atom stereocenters. The summed E-state index contributed by atoms with van der Waals surface area (Å²) in [5.74, 6) is 2.43. The Hall–Kier alpha value is -2.82. The van der Waals surface area contributed by atoms with Gasteiger partial charge in [0, 0.05) is 32.0 Å². The average molecular weight is 406 g/mol. The molecular formula is C25H31N3O2. The van der Waals surface area contributed by atoms with Crippen molar-refractivity contribution in [2.45, 2.75) is 51.5 Å². The van der Waals surface area contributed by atoms with Crippen LogP contribution in [0.1, 0.15) is 50.8 Å². The number of nitrogens with zero attached hydrogens (tertiary/aromatic N) is 3. The van der Waals surface area contributed by atoms with Gasteiger partial charge in [-0.2, -0.15) is 0 Å². The molecule has 1 aromatic heterocycles. The molecule has 158 valence electrons. The number of carbonyl (C=O) groups excluding carboxylic acids is 1. The van der Waals surface area contributed by atoms with E-state index in [1.807, 2.05) is 41.3 Å². The Bertz CT molecular complexity index is 967. The zero-order valence-corrected chi connectivity index (χ0v) is 17.8. The van der Waals surface area contributed by atoms with Gasteiger partial charge in [-0.05, 0) is 43.5 Å². The van der Waals surface area contributed by atoms with Crippen molar-refractivity contribution in [1.29, 1.82) is 0 Å². The Kier molecular flexibility index (Phi) is 6.67. The van der Waals surface area contributed by atoms with Crippen LogP contribution < -0.4 is 4.74 Å². The third kappa shape index (κ3) is 4.66. The van der Waals surface area contributed by atoms with Gasteiger partial charge in [0.25, 0.3) is 0 Å². The molecule has 3 aromatic rings. The third-order valence-corrected chi connectivity index (χ3v) is 5.83. The van der Waals surface area contributed by atoms with Gasteiger partial charge in [-0.3, -0.25) is 4.79 Å². The molecule has 1 aliphatic heterocycles. The van der Waals surface area contributed by atoms with Crippen molar-refractivity contribution in [3.05, 3.63) is 60.4 Å². The fourth-order valence-corrected chi connectivity index (χ4v) is 4.23. The van der Waals surface area contributed by atoms with E-state index in [1.165, 1.54) is 0 Å². The molecule has 1 aliphatic rings. The maximum absolute atomic E-state index is 12.5. The van der Waals surface area contributed by atoms with Crippen molar-refractivity contribution >= 4 is 16.9 Å². The molecule has 0 aliphatic carbocycles. The zero-order chi connectivity index (χ0) is 20.8. The first-order chi connectivity index (χ1) is 14.8. The fourth-order valence-electron chi connectivity index (χ4n) is 4.23. The van der Waals surface area contributed by atoms with E-state index in [9.17, 15) is 4.79 Å². The molecule has 1 fully saturated rings. The van der Waals surface area contributed by atoms with Crippen molar-refractivity contribution in [2.75, 3.05) is 19.7 Å². The number of para-hydroxylation sites is 3. The molecule has 2 aromatic carbocycles. The number of aromatic nitrogens is 2. The second-order valence-electron chi connectivity index (χ2n) is 8.07. The highest BCUT2D eigenvalue weighted by atomic mass is 16.5. The average Bonchev–Trinajstić information content (AvgIpc) is 3.33. The smallest absolute Gasteiger partial charge is 0.223 e. The maximum Gasteiger partial charge on any atom is 0.223 e. The molecule has 0 saturated carbocycles. The van der Waals surface area contributed by atoms with Crippen LogP contribution in [0, 0.1) is 0 Å². The molecule has 0 radical (unpaired) electrons. The van der Waals surface area contributed by atoms with Crippen LogP contribution in [-0.4, -0.2) is 40.1 Å². The number of fused-ring (bicyclic) bond motifs is 1. The van der Waals surface area contributed by atoms with Gasteiger partial charge in [-0.1, -0.05) is 43.7 Å². The van der Waals surface area contributed by atoms with Gasteiger partial charge in [-0.25, -0.2) is 4.98 Å². The SMILES string of the molecule is CCCCN1C[C@@H](c2nc3ccccc3n2CCCCOc2ccccc2)CC1=O. The van der Waals surface area contributed by atoms with Crippen LogP contribution in [0.5, 0.6) is 5.75 Å². The molecule has 4 rings (SSSR count). The van der Waals surface area contributed by atoms with Gasteiger partial charge in [0.2, 0.25) is 5.91 Å². The number of benzene rings is 2. The molecule has 30 heavy (non-hydrogen) atoms. The summed E-state index contributed by atoms with van der Waals surface area (Å²) in [5, 5.41) is 0. The van der Waals surface area contributed by atoms with Crippen LogP contribution in [0.4, 0.5) is 0 Å². The van der Waals surface area contributed by atoms with Crippen molar-refractivity contribution in [2.24, 2.45) is 0 Å². The summed E-state index contributed by atoms with van der Waals surface area (Å²) in [6.45, 7) is 5.42. The van der Waals surface area contributed by atoms with Crippen molar-refractivity contribution in [1.82, 2.24) is 14.5 Å². The minimum Gasteiger partial charge on any atom is -0.494 e. The number of hydrogen-bond donors (Lipinski definition) is 0. The van der Waals surface area contributed by atoms with E-state index in [-0.39, 0.29) is 11.8 Å². The van der Waals surface area contributed by atoms with Crippen molar-refractivity contribution in [3.8, 4) is 5.75 Å². The van der Waals surface area contributed by atoms with Gasteiger partial charge in [-0.15, -0.1) is 0 Å². The van der Waals surface area contributed by atoms with Crippen LogP contribution in [-0.2, 0) is 11.3 Å². The number of aryl methyl sites for hydroxylation is 1. The van der Waals surface area contributed by atoms with Crippen molar-refractivity contribution < 1.29 is 9.53 Å². The fraction of sp³-hybridized carbons (Fsp3) is 0.440. The first-order valence-corrected chi connectivity index (χ1v) is 11.2. The molecule has 0 N–H and O–H groups in total. The lowest BCUT2D eigenvalue weighted by atomic mass is 10.1. The lowest BCUT2D eigenvalue weighted by molar-refractivity contribution is -0.127. The molecule has 1 saturated heterocycles. The molecule has 0 spiro atoms. The largest absolute Gasteiger partial charge is 0.494 e. The van der Waals surface area contributed by atoms with E-state index in [2.05, 4.69) is 29.7 Å². The minimum absolute atomic E-state index is 0.183. The first kappa shape index (κ1) is 20.5. The van der Waals surface area contributed by atoms with Crippen LogP contribution in [0.25, 0.3) is 11.0 Å². The summed E-state index contributed by atoms with van der Waals surface area (Å²) in [6, 6.07) is 18.3. The summed E-state index contributed by atoms with van der Waals surface area (Å²) < 4.78 is 8.16. The third-order valence-electron chi connectivity index (χ3n) is 5.83. The lowest BCUT2D eigenvalue weighted by Gasteiger charge is -2.17. The first-order valence-electron chi connectivity index (χ1n) is 11.2. The molecule has 2 heterocycles. The highest BCUT2D eigenvalue weighted by Crippen LogP contribution is 2.31. The number of carbonyl (C=O) groups is 1. The van der Waals surface area contributed by atoms with Crippen molar-refractivity contribution in [3.63, 3.8) is 0 Å². The van der Waals surface area contributed by atoms with Crippen LogP contribution in [0.2, 0.25) is 0 Å². The van der Waals surface area contributed by atoms with Crippen LogP contribution in [0.15, 0.2) is 54.6 Å². The van der Waals surface area contributed by atoms with Gasteiger partial charge >= 0.3 is 0 Å². The van der Waals surface area contributed by atoms with Gasteiger partial charge in [0.1, 0.15) is 11.6 Å². The summed E-state index contributed by atoms with van der Waals surface area (Å²) >= 11 is 0. The number of hydrogen-bond acceptors (Lipinski definition) is 3. The van der Waals surface area contributed by atoms with Gasteiger partial charge < -0.3 is 14.2 Å². The molecule has 5 heteroatoms. The minimum atomic E-state index is 0.183. The van der Waals surface area contributed by atoms with Crippen LogP contribution in [0.3, 0.4) is 0 Å². The number of amides is 1. The second-order valence-corrected chi connectivity index (χ2v) is 8.07. The second kappa shape index (κ2) is 9.79. The Morgan fingerprint density at radius 3 is 2.63 bits per heavy atom. The van der Waals surface area contributed by atoms with E-state index < -0.39 is 0 Å². The maximum atomic E-state index is 12.5. The summed E-state index contributed by atoms with van der Waals surface area (Å²) in [5.41, 5.74) is 2.18. The Morgan fingerprint density at radius 1 is 1.00 bits per heavy atom. The number of rotatable bonds is 10. The predicted octanol–water partition coefficient (Wildman–Crippen LogP) is 5.01. The Balaban J connectivity index is 1.42. The molecule has 0 unspecified atom stereocenters. The Morgan fingerprint density at radius 2 is 1.80 bits per heavy atom. The monoisotopic (exact) mass is 405 g/mol. The highest BCUT2D eigenvalue weighted by Gasteiger charge is 2.33. The molecule has 1 amide bonds. The number of unbranched alkanes of at least 4 members (excludes halogenated alkanes) is 2. The lowest BCUT2D eigenvalue weighted by Crippen LogP contribution is -2.26. The quantitative estimate of drug-likeness (QED) is 0.445. The molecule has 0 bridgehead atoms. The van der Waals surface area contributed by atoms with E-state index in [1.54, 1.807) is 0 Å². The standard InChI is InChI=1S/C25H31N3O2/c1-2-3-15-27-19-20(18-24(27)29)25-26-22-13-7-8-14-23(22)28(25)16-9-10-17-30-21-11-5-4-6-12-21/h4-8,11-14,20H,2-3,9-10,15-19H2,1H3/t20-/m0/s1. The summed E-state index contributed by atoms with van der Waals surface area (Å²) in [6.07, 6.45) is 4.74.